The molecule has 1 N–H and O–H groups in total. The van der Waals surface area contributed by atoms with Crippen LogP contribution in [0.3, 0.4) is 0 Å². The Morgan fingerprint density at radius 3 is 2.60 bits per heavy atom. The number of nitrogens with one attached hydrogen (secondary N) is 1. The summed E-state index contributed by atoms with van der Waals surface area (Å²) in [6.45, 7) is 7.05. The molecule has 9 nitrogen and oxygen atoms in total. The predicted octanol–water partition coefficient (Wildman–Crippen LogP) is 2.94. The van der Waals surface area contributed by atoms with E-state index in [4.69, 9.17) is 9.47 Å². The number of esters is 1. The number of hydrogen-bond acceptors (Lipinski definition) is 7. The number of nitrogens with zero attached hydrogens (tertiary/aromatic N) is 2. The summed E-state index contributed by atoms with van der Waals surface area (Å²) in [5.41, 5.74) is 4.15. The molecule has 2 aliphatic carbocycles. The van der Waals surface area contributed by atoms with Gasteiger partial charge in [-0.2, -0.15) is 5.10 Å². The average Bonchev–Trinajstić information content (AvgIpc) is 3.54. The molecule has 0 aromatic heterocycles. The van der Waals surface area contributed by atoms with Crippen molar-refractivity contribution in [2.24, 2.45) is 21.8 Å². The molecule has 0 spiro atoms. The number of rotatable bonds is 6. The van der Waals surface area contributed by atoms with Crippen LogP contribution >= 0.6 is 0 Å². The highest BCUT2D eigenvalue weighted by molar-refractivity contribution is 6.22. The van der Waals surface area contributed by atoms with Gasteiger partial charge in [0.1, 0.15) is 0 Å². The summed E-state index contributed by atoms with van der Waals surface area (Å²) in [7, 11) is 0. The number of benzene rings is 1. The van der Waals surface area contributed by atoms with Crippen LogP contribution in [0.1, 0.15) is 83.9 Å². The highest BCUT2D eigenvalue weighted by atomic mass is 16.5. The van der Waals surface area contributed by atoms with Gasteiger partial charge in [-0.05, 0) is 61.6 Å². The Bertz CT molecular complexity index is 1140. The first-order valence-electron chi connectivity index (χ1n) is 12.3. The largest absolute Gasteiger partial charge is 0.452 e. The summed E-state index contributed by atoms with van der Waals surface area (Å²) >= 11 is 0. The zero-order valence-corrected chi connectivity index (χ0v) is 20.4. The molecule has 3 amide bonds. The van der Waals surface area contributed by atoms with Crippen molar-refractivity contribution in [2.75, 3.05) is 19.8 Å². The summed E-state index contributed by atoms with van der Waals surface area (Å²) in [4.78, 5) is 51.4. The third kappa shape index (κ3) is 3.86. The van der Waals surface area contributed by atoms with Gasteiger partial charge in [-0.15, -0.1) is 0 Å². The van der Waals surface area contributed by atoms with Crippen molar-refractivity contribution in [3.05, 3.63) is 34.9 Å². The van der Waals surface area contributed by atoms with E-state index >= 15 is 0 Å². The second kappa shape index (κ2) is 8.55. The van der Waals surface area contributed by atoms with E-state index in [9.17, 15) is 19.2 Å². The molecule has 3 fully saturated rings. The van der Waals surface area contributed by atoms with Gasteiger partial charge in [-0.3, -0.25) is 19.3 Å². The van der Waals surface area contributed by atoms with E-state index in [1.165, 1.54) is 29.5 Å². The van der Waals surface area contributed by atoms with Gasteiger partial charge in [-0.1, -0.05) is 20.8 Å². The van der Waals surface area contributed by atoms with Gasteiger partial charge in [0, 0.05) is 17.7 Å². The standard InChI is InChI=1S/C26H31N3O6/c1-25(2)16-8-9-26(25,3)20(12-16)27-28-21(30)14-35-24(33)15-6-7-18-19(11-15)23(32)29(22(18)31)13-17-5-4-10-34-17/h6-7,11,16-17H,4-5,8-10,12-14H2,1-3H3,(H,28,30)/b27-20-. The summed E-state index contributed by atoms with van der Waals surface area (Å²) < 4.78 is 10.7. The summed E-state index contributed by atoms with van der Waals surface area (Å²) in [6, 6.07) is 4.23. The third-order valence-electron chi connectivity index (χ3n) is 8.78. The molecule has 0 radical (unpaired) electrons. The van der Waals surface area contributed by atoms with Gasteiger partial charge in [0.15, 0.2) is 6.61 Å². The maximum atomic E-state index is 12.8. The summed E-state index contributed by atoms with van der Waals surface area (Å²) in [5, 5.41) is 4.37. The van der Waals surface area contributed by atoms with Crippen LogP contribution in [0.25, 0.3) is 0 Å². The second-order valence-electron chi connectivity index (χ2n) is 10.8. The lowest BCUT2D eigenvalue weighted by Gasteiger charge is -2.34. The molecule has 1 saturated heterocycles. The topological polar surface area (TPSA) is 114 Å². The Labute approximate surface area is 204 Å². The molecule has 3 atom stereocenters. The van der Waals surface area contributed by atoms with E-state index in [1.54, 1.807) is 0 Å². The molecule has 2 heterocycles. The van der Waals surface area contributed by atoms with Crippen molar-refractivity contribution in [3.63, 3.8) is 0 Å². The Hall–Kier alpha value is -3.07. The second-order valence-corrected chi connectivity index (χ2v) is 10.8. The van der Waals surface area contributed by atoms with Crippen molar-refractivity contribution in [2.45, 2.75) is 59.0 Å². The van der Waals surface area contributed by atoms with Crippen LogP contribution in [0.15, 0.2) is 23.3 Å². The average molecular weight is 482 g/mol. The molecule has 186 valence electrons. The predicted molar refractivity (Wildman–Crippen MR) is 126 cm³/mol. The van der Waals surface area contributed by atoms with E-state index in [-0.39, 0.29) is 40.2 Å². The first-order valence-corrected chi connectivity index (χ1v) is 12.3. The SMILES string of the molecule is CC12CCC(C/C1=N/NC(=O)COC(=O)c1ccc3c(c1)C(=O)N(CC1CCCO1)C3=O)C2(C)C. The molecular formula is C26H31N3O6. The van der Waals surface area contributed by atoms with Crippen LogP contribution < -0.4 is 5.43 Å². The smallest absolute Gasteiger partial charge is 0.338 e. The highest BCUT2D eigenvalue weighted by Gasteiger charge is 2.60. The fraction of sp³-hybridized carbons (Fsp3) is 0.577. The van der Waals surface area contributed by atoms with Gasteiger partial charge in [0.05, 0.1) is 29.3 Å². The number of hydrogen-bond donors (Lipinski definition) is 1. The fourth-order valence-corrected chi connectivity index (χ4v) is 6.05. The fourth-order valence-electron chi connectivity index (χ4n) is 6.05. The van der Waals surface area contributed by atoms with E-state index in [0.29, 0.717) is 12.5 Å². The summed E-state index contributed by atoms with van der Waals surface area (Å²) in [5.74, 6) is -1.55. The normalized spacial score (nSPS) is 29.7. The first kappa shape index (κ1) is 23.7. The van der Waals surface area contributed by atoms with Gasteiger partial charge >= 0.3 is 5.97 Å². The molecule has 5 rings (SSSR count). The molecule has 4 aliphatic rings. The Kier molecular flexibility index (Phi) is 5.78. The van der Waals surface area contributed by atoms with E-state index < -0.39 is 30.3 Å². The van der Waals surface area contributed by atoms with Crippen molar-refractivity contribution in [3.8, 4) is 0 Å². The molecule has 1 aromatic rings. The van der Waals surface area contributed by atoms with Crippen LogP contribution in [0.4, 0.5) is 0 Å². The van der Waals surface area contributed by atoms with Gasteiger partial charge in [0.25, 0.3) is 17.7 Å². The van der Waals surface area contributed by atoms with Crippen molar-refractivity contribution >= 4 is 29.4 Å². The third-order valence-corrected chi connectivity index (χ3v) is 8.78. The molecule has 2 saturated carbocycles. The number of fused-ring (bicyclic) bond motifs is 3. The lowest BCUT2D eigenvalue weighted by molar-refractivity contribution is -0.124. The molecule has 9 heteroatoms. The molecule has 2 bridgehead atoms. The van der Waals surface area contributed by atoms with Gasteiger partial charge < -0.3 is 9.47 Å². The zero-order valence-electron chi connectivity index (χ0n) is 20.4. The molecular weight excluding hydrogens is 450 g/mol. The van der Waals surface area contributed by atoms with E-state index in [2.05, 4.69) is 31.3 Å². The van der Waals surface area contributed by atoms with Crippen molar-refractivity contribution < 1.29 is 28.7 Å². The quantitative estimate of drug-likeness (QED) is 0.380. The molecule has 2 aliphatic heterocycles. The zero-order chi connectivity index (χ0) is 25.0. The monoisotopic (exact) mass is 481 g/mol. The van der Waals surface area contributed by atoms with E-state index in [0.717, 1.165) is 31.4 Å². The molecule has 1 aromatic carbocycles. The maximum Gasteiger partial charge on any atom is 0.338 e. The minimum absolute atomic E-state index is 0.0339. The van der Waals surface area contributed by atoms with Crippen LogP contribution in [0.5, 0.6) is 0 Å². The van der Waals surface area contributed by atoms with Crippen molar-refractivity contribution in [1.82, 2.24) is 10.3 Å². The Morgan fingerprint density at radius 2 is 1.94 bits per heavy atom. The van der Waals surface area contributed by atoms with Gasteiger partial charge in [-0.25, -0.2) is 10.2 Å². The van der Waals surface area contributed by atoms with Crippen molar-refractivity contribution in [1.29, 1.82) is 0 Å². The number of ether oxygens (including phenoxy) is 2. The number of carbonyl (C=O) groups is 4. The van der Waals surface area contributed by atoms with Crippen LogP contribution in [-0.4, -0.2) is 60.2 Å². The highest BCUT2D eigenvalue weighted by Crippen LogP contribution is 2.63. The first-order chi connectivity index (χ1) is 16.6. The van der Waals surface area contributed by atoms with Gasteiger partial charge in [0.2, 0.25) is 0 Å². The number of imide groups is 1. The van der Waals surface area contributed by atoms with Crippen LogP contribution in [0, 0.1) is 16.7 Å². The van der Waals surface area contributed by atoms with E-state index in [1.807, 2.05) is 0 Å². The Morgan fingerprint density at radius 1 is 1.17 bits per heavy atom. The minimum Gasteiger partial charge on any atom is -0.452 e. The number of hydrazone groups is 1. The lowest BCUT2D eigenvalue weighted by atomic mass is 9.70. The Balaban J connectivity index is 1.18. The molecule has 3 unspecified atom stereocenters. The lowest BCUT2D eigenvalue weighted by Crippen LogP contribution is -2.36. The minimum atomic E-state index is -0.749. The maximum absolute atomic E-state index is 12.8. The van der Waals surface area contributed by atoms with Crippen LogP contribution in [-0.2, 0) is 14.3 Å². The number of amides is 3. The van der Waals surface area contributed by atoms with Crippen LogP contribution in [0.2, 0.25) is 0 Å². The summed E-state index contributed by atoms with van der Waals surface area (Å²) in [6.07, 6.45) is 4.65. The molecule has 35 heavy (non-hydrogen) atoms. The number of carbonyl (C=O) groups excluding carboxylic acids is 4.